The molecule has 31 heavy (non-hydrogen) atoms. The van der Waals surface area contributed by atoms with E-state index < -0.39 is 0 Å². The average molecular weight is 410 g/mol. The molecule has 0 amide bonds. The van der Waals surface area contributed by atoms with Crippen LogP contribution in [-0.4, -0.2) is 40.1 Å². The Bertz CT molecular complexity index is 1380. The lowest BCUT2D eigenvalue weighted by atomic mass is 9.95. The second-order valence-corrected chi connectivity index (χ2v) is 8.33. The standard InChI is InChI=1S/C23H22N8/c1-14-9-16-10-17(13-25-21(16)24-12-14)23-26-19-11-15(22-27-29-30-28-22)7-8-20(19)31(23)18-5-3-2-4-6-18/h7-13,18H,2-6H2,1H3,(H,27,28,29,30). The van der Waals surface area contributed by atoms with Crippen LogP contribution < -0.4 is 0 Å². The van der Waals surface area contributed by atoms with Crippen LogP contribution in [0.3, 0.4) is 0 Å². The second kappa shape index (κ2) is 7.23. The highest BCUT2D eigenvalue weighted by Gasteiger charge is 2.23. The number of aromatic nitrogens is 8. The monoisotopic (exact) mass is 410 g/mol. The van der Waals surface area contributed by atoms with Crippen molar-refractivity contribution in [3.63, 3.8) is 0 Å². The Kier molecular flexibility index (Phi) is 4.22. The molecule has 8 heteroatoms. The molecule has 0 bridgehead atoms. The molecular weight excluding hydrogens is 388 g/mol. The van der Waals surface area contributed by atoms with Gasteiger partial charge in [0.15, 0.2) is 11.5 Å². The third-order valence-electron chi connectivity index (χ3n) is 6.18. The van der Waals surface area contributed by atoms with Crippen LogP contribution >= 0.6 is 0 Å². The van der Waals surface area contributed by atoms with Crippen molar-refractivity contribution in [1.29, 1.82) is 0 Å². The Morgan fingerprint density at radius 1 is 0.968 bits per heavy atom. The molecule has 1 aromatic carbocycles. The minimum Gasteiger partial charge on any atom is -0.321 e. The molecule has 0 aliphatic heterocycles. The van der Waals surface area contributed by atoms with Gasteiger partial charge in [0.25, 0.3) is 0 Å². The fourth-order valence-electron chi connectivity index (χ4n) is 4.70. The zero-order chi connectivity index (χ0) is 20.8. The van der Waals surface area contributed by atoms with Crippen LogP contribution in [-0.2, 0) is 0 Å². The van der Waals surface area contributed by atoms with Crippen molar-refractivity contribution in [3.8, 4) is 22.8 Å². The predicted molar refractivity (Wildman–Crippen MR) is 118 cm³/mol. The zero-order valence-corrected chi connectivity index (χ0v) is 17.3. The molecular formula is C23H22N8. The molecule has 0 spiro atoms. The molecule has 4 aromatic heterocycles. The van der Waals surface area contributed by atoms with Gasteiger partial charge in [-0.2, -0.15) is 0 Å². The van der Waals surface area contributed by atoms with Gasteiger partial charge in [0.05, 0.1) is 11.0 Å². The SMILES string of the molecule is Cc1cnc2ncc(-c3nc4cc(-c5nnn[nH]5)ccc4n3C3CCCCC3)cc2c1. The molecule has 8 nitrogen and oxygen atoms in total. The van der Waals surface area contributed by atoms with Gasteiger partial charge in [-0.05, 0) is 66.1 Å². The lowest BCUT2D eigenvalue weighted by Crippen LogP contribution is -2.14. The van der Waals surface area contributed by atoms with Gasteiger partial charge in [-0.15, -0.1) is 5.10 Å². The summed E-state index contributed by atoms with van der Waals surface area (Å²) in [6, 6.07) is 11.0. The number of nitrogens with one attached hydrogen (secondary N) is 1. The molecule has 1 aliphatic carbocycles. The summed E-state index contributed by atoms with van der Waals surface area (Å²) < 4.78 is 2.42. The van der Waals surface area contributed by atoms with E-state index in [0.717, 1.165) is 44.6 Å². The number of benzene rings is 1. The van der Waals surface area contributed by atoms with Crippen LogP contribution in [0.1, 0.15) is 43.7 Å². The molecule has 1 aliphatic rings. The molecule has 1 saturated carbocycles. The molecule has 1 N–H and O–H groups in total. The predicted octanol–water partition coefficient (Wildman–Crippen LogP) is 4.64. The van der Waals surface area contributed by atoms with Gasteiger partial charge < -0.3 is 4.57 Å². The molecule has 0 saturated heterocycles. The molecule has 6 rings (SSSR count). The van der Waals surface area contributed by atoms with E-state index in [2.05, 4.69) is 72.4 Å². The van der Waals surface area contributed by atoms with Crippen molar-refractivity contribution in [2.24, 2.45) is 0 Å². The van der Waals surface area contributed by atoms with Crippen LogP contribution in [0.25, 0.3) is 44.8 Å². The van der Waals surface area contributed by atoms with Crippen molar-refractivity contribution < 1.29 is 0 Å². The van der Waals surface area contributed by atoms with Gasteiger partial charge in [-0.3, -0.25) is 0 Å². The maximum atomic E-state index is 5.08. The third kappa shape index (κ3) is 3.15. The summed E-state index contributed by atoms with van der Waals surface area (Å²) in [6.45, 7) is 2.05. The highest BCUT2D eigenvalue weighted by Crippen LogP contribution is 2.37. The molecule has 5 aromatic rings. The highest BCUT2D eigenvalue weighted by atomic mass is 15.5. The summed E-state index contributed by atoms with van der Waals surface area (Å²) in [4.78, 5) is 14.1. The smallest absolute Gasteiger partial charge is 0.179 e. The normalized spacial score (nSPS) is 15.1. The minimum absolute atomic E-state index is 0.442. The van der Waals surface area contributed by atoms with Crippen LogP contribution in [0, 0.1) is 6.92 Å². The Morgan fingerprint density at radius 2 is 1.84 bits per heavy atom. The van der Waals surface area contributed by atoms with Gasteiger partial charge in [0, 0.05) is 34.9 Å². The first-order chi connectivity index (χ1) is 15.3. The number of aryl methyl sites for hydroxylation is 1. The van der Waals surface area contributed by atoms with E-state index >= 15 is 0 Å². The van der Waals surface area contributed by atoms with Crippen molar-refractivity contribution in [2.45, 2.75) is 45.1 Å². The van der Waals surface area contributed by atoms with Crippen LogP contribution in [0.4, 0.5) is 0 Å². The Labute approximate surface area is 178 Å². The van der Waals surface area contributed by atoms with Crippen LogP contribution in [0.15, 0.2) is 42.7 Å². The van der Waals surface area contributed by atoms with Crippen molar-refractivity contribution in [3.05, 3.63) is 48.3 Å². The van der Waals surface area contributed by atoms with Gasteiger partial charge in [-0.1, -0.05) is 19.3 Å². The number of fused-ring (bicyclic) bond motifs is 2. The number of imidazole rings is 1. The molecule has 154 valence electrons. The third-order valence-corrected chi connectivity index (χ3v) is 6.18. The van der Waals surface area contributed by atoms with Crippen molar-refractivity contribution in [2.75, 3.05) is 0 Å². The van der Waals surface area contributed by atoms with Crippen LogP contribution in [0.5, 0.6) is 0 Å². The van der Waals surface area contributed by atoms with Gasteiger partial charge in [-0.25, -0.2) is 20.1 Å². The number of hydrogen-bond donors (Lipinski definition) is 1. The first-order valence-electron chi connectivity index (χ1n) is 10.8. The van der Waals surface area contributed by atoms with E-state index in [4.69, 9.17) is 4.98 Å². The summed E-state index contributed by atoms with van der Waals surface area (Å²) >= 11 is 0. The maximum absolute atomic E-state index is 5.08. The fourth-order valence-corrected chi connectivity index (χ4v) is 4.70. The Hall–Kier alpha value is -3.68. The minimum atomic E-state index is 0.442. The summed E-state index contributed by atoms with van der Waals surface area (Å²) in [5, 5.41) is 15.3. The highest BCUT2D eigenvalue weighted by molar-refractivity contribution is 5.86. The molecule has 0 radical (unpaired) electrons. The van der Waals surface area contributed by atoms with E-state index in [1.807, 2.05) is 12.4 Å². The largest absolute Gasteiger partial charge is 0.321 e. The number of aromatic amines is 1. The summed E-state index contributed by atoms with van der Waals surface area (Å²) in [6.07, 6.45) is 9.92. The summed E-state index contributed by atoms with van der Waals surface area (Å²) in [5.74, 6) is 1.61. The first-order valence-corrected chi connectivity index (χ1v) is 10.8. The molecule has 4 heterocycles. The maximum Gasteiger partial charge on any atom is 0.179 e. The quantitative estimate of drug-likeness (QED) is 0.465. The van der Waals surface area contributed by atoms with E-state index in [1.54, 1.807) is 0 Å². The number of hydrogen-bond acceptors (Lipinski definition) is 6. The number of tetrazole rings is 1. The molecule has 0 unspecified atom stereocenters. The van der Waals surface area contributed by atoms with Gasteiger partial charge in [0.2, 0.25) is 0 Å². The number of rotatable bonds is 3. The zero-order valence-electron chi connectivity index (χ0n) is 17.3. The Morgan fingerprint density at radius 3 is 2.68 bits per heavy atom. The molecule has 1 fully saturated rings. The van der Waals surface area contributed by atoms with Gasteiger partial charge in [0.1, 0.15) is 5.82 Å². The lowest BCUT2D eigenvalue weighted by molar-refractivity contribution is 0.362. The summed E-state index contributed by atoms with van der Waals surface area (Å²) in [5.41, 5.74) is 5.91. The van der Waals surface area contributed by atoms with Crippen LogP contribution in [0.2, 0.25) is 0 Å². The second-order valence-electron chi connectivity index (χ2n) is 8.33. The van der Waals surface area contributed by atoms with E-state index in [1.165, 1.54) is 32.1 Å². The number of pyridine rings is 2. The number of nitrogens with zero attached hydrogens (tertiary/aromatic N) is 7. The average Bonchev–Trinajstić information content (AvgIpc) is 3.47. The number of H-pyrrole nitrogens is 1. The van der Waals surface area contributed by atoms with Gasteiger partial charge >= 0.3 is 0 Å². The topological polar surface area (TPSA) is 98.1 Å². The van der Waals surface area contributed by atoms with Crippen molar-refractivity contribution in [1.82, 2.24) is 40.1 Å². The van der Waals surface area contributed by atoms with E-state index in [9.17, 15) is 0 Å². The van der Waals surface area contributed by atoms with E-state index in [0.29, 0.717) is 11.9 Å². The molecule has 0 atom stereocenters. The summed E-state index contributed by atoms with van der Waals surface area (Å²) in [7, 11) is 0. The Balaban J connectivity index is 1.56. The lowest BCUT2D eigenvalue weighted by Gasteiger charge is -2.25. The van der Waals surface area contributed by atoms with Crippen molar-refractivity contribution >= 4 is 22.1 Å². The van der Waals surface area contributed by atoms with E-state index in [-0.39, 0.29) is 0 Å². The fraction of sp³-hybridized carbons (Fsp3) is 0.304. The first kappa shape index (κ1) is 18.1.